The predicted octanol–water partition coefficient (Wildman–Crippen LogP) is 0.953. The molecule has 1 aromatic carbocycles. The highest BCUT2D eigenvalue weighted by Gasteiger charge is 2.28. The van der Waals surface area contributed by atoms with Crippen LogP contribution in [-0.4, -0.2) is 63.3 Å². The molecule has 1 saturated heterocycles. The Bertz CT molecular complexity index is 666. The van der Waals surface area contributed by atoms with E-state index in [1.54, 1.807) is 4.90 Å². The Morgan fingerprint density at radius 2 is 2.00 bits per heavy atom. The predicted molar refractivity (Wildman–Crippen MR) is 87.9 cm³/mol. The van der Waals surface area contributed by atoms with Gasteiger partial charge in [-0.1, -0.05) is 11.6 Å². The molecule has 1 aliphatic heterocycles. The first-order valence-corrected chi connectivity index (χ1v) is 8.54. The van der Waals surface area contributed by atoms with Crippen LogP contribution in [0, 0.1) is 5.82 Å². The van der Waals surface area contributed by atoms with Gasteiger partial charge in [-0.15, -0.1) is 12.4 Å². The van der Waals surface area contributed by atoms with E-state index in [4.69, 9.17) is 11.6 Å². The van der Waals surface area contributed by atoms with Crippen LogP contribution in [0.2, 0.25) is 5.02 Å². The number of carbonyl (C=O) groups is 1. The summed E-state index contributed by atoms with van der Waals surface area (Å²) in [6.07, 6.45) is 0. The van der Waals surface area contributed by atoms with Gasteiger partial charge in [-0.2, -0.15) is 4.31 Å². The van der Waals surface area contributed by atoms with E-state index in [2.05, 4.69) is 5.32 Å². The Labute approximate surface area is 146 Å². The van der Waals surface area contributed by atoms with E-state index in [1.165, 1.54) is 13.1 Å². The smallest absolute Gasteiger partial charge is 0.246 e. The average molecular weight is 386 g/mol. The normalized spacial score (nSPS) is 15.4. The lowest BCUT2D eigenvalue weighted by Gasteiger charge is -2.29. The van der Waals surface area contributed by atoms with Crippen molar-refractivity contribution in [3.8, 4) is 0 Å². The van der Waals surface area contributed by atoms with Crippen molar-refractivity contribution >= 4 is 39.9 Å². The summed E-state index contributed by atoms with van der Waals surface area (Å²) in [6, 6.07) is 3.32. The van der Waals surface area contributed by atoms with Crippen LogP contribution < -0.4 is 5.32 Å². The first kappa shape index (κ1) is 20.1. The second-order valence-electron chi connectivity index (χ2n) is 4.97. The lowest BCUT2D eigenvalue weighted by atomic mass is 10.3. The van der Waals surface area contributed by atoms with Gasteiger partial charge < -0.3 is 10.2 Å². The van der Waals surface area contributed by atoms with Crippen LogP contribution in [0.15, 0.2) is 23.1 Å². The zero-order chi connectivity index (χ0) is 16.3. The maximum absolute atomic E-state index is 13.8. The summed E-state index contributed by atoms with van der Waals surface area (Å²) >= 11 is 5.62. The number of sulfonamides is 1. The van der Waals surface area contributed by atoms with Gasteiger partial charge in [-0.05, 0) is 18.2 Å². The molecule has 130 valence electrons. The zero-order valence-electron chi connectivity index (χ0n) is 12.5. The molecule has 0 bridgehead atoms. The minimum Gasteiger partial charge on any atom is -0.339 e. The van der Waals surface area contributed by atoms with Gasteiger partial charge in [0.05, 0.1) is 6.54 Å². The number of piperazine rings is 1. The summed E-state index contributed by atoms with van der Waals surface area (Å²) in [7, 11) is -2.83. The number of nitrogens with zero attached hydrogens (tertiary/aromatic N) is 2. The third kappa shape index (κ3) is 4.77. The summed E-state index contributed by atoms with van der Waals surface area (Å²) in [5, 5.41) is 3.21. The molecule has 0 spiro atoms. The summed E-state index contributed by atoms with van der Waals surface area (Å²) in [4.78, 5) is 13.2. The van der Waals surface area contributed by atoms with Crippen molar-refractivity contribution in [1.29, 1.82) is 0 Å². The highest BCUT2D eigenvalue weighted by molar-refractivity contribution is 7.89. The molecule has 1 fully saturated rings. The van der Waals surface area contributed by atoms with Crippen LogP contribution in [0.25, 0.3) is 0 Å². The van der Waals surface area contributed by atoms with Crippen LogP contribution in [0.3, 0.4) is 0 Å². The molecule has 23 heavy (non-hydrogen) atoms. The maximum Gasteiger partial charge on any atom is 0.246 e. The van der Waals surface area contributed by atoms with Gasteiger partial charge in [-0.3, -0.25) is 4.79 Å². The zero-order valence-corrected chi connectivity index (χ0v) is 14.8. The molecule has 2 rings (SSSR count). The summed E-state index contributed by atoms with van der Waals surface area (Å²) in [5.41, 5.74) is 0. The molecule has 1 heterocycles. The van der Waals surface area contributed by atoms with Crippen molar-refractivity contribution in [1.82, 2.24) is 14.5 Å². The van der Waals surface area contributed by atoms with Crippen molar-refractivity contribution in [3.63, 3.8) is 0 Å². The highest BCUT2D eigenvalue weighted by Crippen LogP contribution is 2.21. The quantitative estimate of drug-likeness (QED) is 0.837. The Morgan fingerprint density at radius 1 is 1.39 bits per heavy atom. The Balaban J connectivity index is 0.00000264. The maximum atomic E-state index is 13.8. The number of benzene rings is 1. The third-order valence-electron chi connectivity index (χ3n) is 3.41. The molecule has 10 heteroatoms. The lowest BCUT2D eigenvalue weighted by molar-refractivity contribution is -0.131. The van der Waals surface area contributed by atoms with E-state index in [9.17, 15) is 17.6 Å². The van der Waals surface area contributed by atoms with E-state index >= 15 is 0 Å². The van der Waals surface area contributed by atoms with Gasteiger partial charge in [-0.25, -0.2) is 12.8 Å². The fourth-order valence-electron chi connectivity index (χ4n) is 2.14. The van der Waals surface area contributed by atoms with Gasteiger partial charge >= 0.3 is 0 Å². The molecule has 0 atom stereocenters. The standard InChI is InChI=1S/C13H17ClFN3O3S.ClH/c1-17(9-13(19)18-6-4-16-5-7-18)22(20,21)12-3-2-10(14)8-11(12)15;/h2-3,8,16H,4-7,9H2,1H3;1H. The first-order chi connectivity index (χ1) is 10.3. The number of amides is 1. The van der Waals surface area contributed by atoms with E-state index in [0.717, 1.165) is 16.4 Å². The molecular weight excluding hydrogens is 368 g/mol. The second kappa shape index (κ2) is 8.25. The number of nitrogens with one attached hydrogen (secondary N) is 1. The van der Waals surface area contributed by atoms with Crippen molar-refractivity contribution in [2.45, 2.75) is 4.90 Å². The van der Waals surface area contributed by atoms with Crippen LogP contribution >= 0.6 is 24.0 Å². The fourth-order valence-corrected chi connectivity index (χ4v) is 3.46. The number of likely N-dealkylation sites (N-methyl/N-ethyl adjacent to an activating group) is 1. The average Bonchev–Trinajstić information content (AvgIpc) is 2.47. The lowest BCUT2D eigenvalue weighted by Crippen LogP contribution is -2.49. The van der Waals surface area contributed by atoms with E-state index in [1.807, 2.05) is 0 Å². The molecule has 0 aliphatic carbocycles. The van der Waals surface area contributed by atoms with Gasteiger partial charge in [0.1, 0.15) is 10.7 Å². The Kier molecular flexibility index (Phi) is 7.22. The van der Waals surface area contributed by atoms with E-state index < -0.39 is 20.7 Å². The topological polar surface area (TPSA) is 69.7 Å². The van der Waals surface area contributed by atoms with Crippen LogP contribution in [-0.2, 0) is 14.8 Å². The SMILES string of the molecule is CN(CC(=O)N1CCNCC1)S(=O)(=O)c1ccc(Cl)cc1F.Cl. The van der Waals surface area contributed by atoms with Crippen LogP contribution in [0.4, 0.5) is 4.39 Å². The molecular formula is C13H18Cl2FN3O3S. The Morgan fingerprint density at radius 3 is 2.57 bits per heavy atom. The summed E-state index contributed by atoms with van der Waals surface area (Å²) in [5.74, 6) is -1.24. The van der Waals surface area contributed by atoms with Gasteiger partial charge in [0.15, 0.2) is 0 Å². The summed E-state index contributed by atoms with van der Waals surface area (Å²) < 4.78 is 39.3. The Hall–Kier alpha value is -0.930. The molecule has 0 saturated carbocycles. The second-order valence-corrected chi connectivity index (χ2v) is 7.42. The number of halogens is 3. The largest absolute Gasteiger partial charge is 0.339 e. The van der Waals surface area contributed by atoms with Crippen molar-refractivity contribution < 1.29 is 17.6 Å². The highest BCUT2D eigenvalue weighted by atomic mass is 35.5. The van der Waals surface area contributed by atoms with Crippen LogP contribution in [0.1, 0.15) is 0 Å². The first-order valence-electron chi connectivity index (χ1n) is 6.72. The van der Waals surface area contributed by atoms with E-state index in [-0.39, 0.29) is 29.9 Å². The van der Waals surface area contributed by atoms with Crippen LogP contribution in [0.5, 0.6) is 0 Å². The molecule has 1 N–H and O–H groups in total. The van der Waals surface area contributed by atoms with Gasteiger partial charge in [0, 0.05) is 38.2 Å². The number of hydrogen-bond donors (Lipinski definition) is 1. The molecule has 1 aromatic rings. The molecule has 1 amide bonds. The van der Waals surface area contributed by atoms with Gasteiger partial charge in [0.25, 0.3) is 0 Å². The molecule has 0 unspecified atom stereocenters. The monoisotopic (exact) mass is 385 g/mol. The van der Waals surface area contributed by atoms with E-state index in [0.29, 0.717) is 26.2 Å². The van der Waals surface area contributed by atoms with Crippen molar-refractivity contribution in [2.24, 2.45) is 0 Å². The molecule has 0 radical (unpaired) electrons. The van der Waals surface area contributed by atoms with Crippen molar-refractivity contribution in [3.05, 3.63) is 29.0 Å². The number of carbonyl (C=O) groups excluding carboxylic acids is 1. The minimum absolute atomic E-state index is 0. The molecule has 1 aliphatic rings. The van der Waals surface area contributed by atoms with Gasteiger partial charge in [0.2, 0.25) is 15.9 Å². The third-order valence-corrected chi connectivity index (χ3v) is 5.48. The molecule has 6 nitrogen and oxygen atoms in total. The fraction of sp³-hybridized carbons (Fsp3) is 0.462. The van der Waals surface area contributed by atoms with Crippen molar-refractivity contribution in [2.75, 3.05) is 39.8 Å². The summed E-state index contributed by atoms with van der Waals surface area (Å²) in [6.45, 7) is 2.08. The number of hydrogen-bond acceptors (Lipinski definition) is 4. The molecule has 0 aromatic heterocycles. The minimum atomic E-state index is -4.08. The number of rotatable bonds is 4.